The van der Waals surface area contributed by atoms with Gasteiger partial charge >= 0.3 is 0 Å². The van der Waals surface area contributed by atoms with Crippen molar-refractivity contribution in [1.29, 1.82) is 0 Å². The van der Waals surface area contributed by atoms with E-state index in [2.05, 4.69) is 0 Å². The first kappa shape index (κ1) is 19.9. The van der Waals surface area contributed by atoms with Crippen molar-refractivity contribution in [2.24, 2.45) is 0 Å². The number of likely N-dealkylation sites (tertiary alicyclic amines) is 2. The van der Waals surface area contributed by atoms with Crippen LogP contribution < -0.4 is 4.74 Å². The van der Waals surface area contributed by atoms with Gasteiger partial charge in [0.1, 0.15) is 11.6 Å². The Bertz CT molecular complexity index is 691. The highest BCUT2D eigenvalue weighted by Gasteiger charge is 2.45. The lowest BCUT2D eigenvalue weighted by Gasteiger charge is -2.42. The number of methoxy groups -OCH3 is 1. The quantitative estimate of drug-likeness (QED) is 0.845. The minimum absolute atomic E-state index is 0.0268. The highest BCUT2D eigenvalue weighted by molar-refractivity contribution is 5.86. The van der Waals surface area contributed by atoms with Crippen LogP contribution in [0.1, 0.15) is 31.2 Å². The third-order valence-corrected chi connectivity index (χ3v) is 5.39. The molecule has 27 heavy (non-hydrogen) atoms. The number of halogens is 3. The second-order valence-corrected chi connectivity index (χ2v) is 7.45. The first-order valence-corrected chi connectivity index (χ1v) is 9.17. The molecule has 1 amide bonds. The number of carbonyl (C=O) groups is 1. The summed E-state index contributed by atoms with van der Waals surface area (Å²) in [6.07, 6.45) is 0.305. The van der Waals surface area contributed by atoms with E-state index >= 15 is 0 Å². The van der Waals surface area contributed by atoms with Crippen LogP contribution in [-0.2, 0) is 11.3 Å². The molecule has 0 bridgehead atoms. The number of ether oxygens (including phenoxy) is 1. The fourth-order valence-electron chi connectivity index (χ4n) is 3.78. The Morgan fingerprint density at radius 2 is 1.89 bits per heavy atom. The molecule has 150 valence electrons. The average molecular weight is 386 g/mol. The van der Waals surface area contributed by atoms with Crippen molar-refractivity contribution in [3.05, 3.63) is 29.6 Å². The number of amides is 1. The van der Waals surface area contributed by atoms with Gasteiger partial charge in [0, 0.05) is 51.1 Å². The highest BCUT2D eigenvalue weighted by atomic mass is 19.3. The van der Waals surface area contributed by atoms with Crippen molar-refractivity contribution in [2.75, 3.05) is 33.3 Å². The highest BCUT2D eigenvalue weighted by Crippen LogP contribution is 2.31. The molecule has 0 unspecified atom stereocenters. The molecule has 1 aromatic rings. The fraction of sp³-hybridized carbons (Fsp3) is 0.632. The predicted molar refractivity (Wildman–Crippen MR) is 93.2 cm³/mol. The molecule has 1 N–H and O–H groups in total. The zero-order chi connectivity index (χ0) is 19.7. The Labute approximate surface area is 156 Å². The summed E-state index contributed by atoms with van der Waals surface area (Å²) in [5.41, 5.74) is -1.32. The number of nitrogens with zero attached hydrogens (tertiary/aromatic N) is 2. The van der Waals surface area contributed by atoms with E-state index in [9.17, 15) is 23.1 Å². The monoisotopic (exact) mass is 386 g/mol. The van der Waals surface area contributed by atoms with Gasteiger partial charge in [0.2, 0.25) is 0 Å². The molecule has 0 aromatic heterocycles. The lowest BCUT2D eigenvalue weighted by Crippen LogP contribution is -2.59. The third kappa shape index (κ3) is 4.55. The number of alkyl halides is 2. The number of piperidine rings is 2. The number of rotatable bonds is 5. The lowest BCUT2D eigenvalue weighted by atomic mass is 9.90. The molecule has 2 saturated heterocycles. The van der Waals surface area contributed by atoms with Gasteiger partial charge in [-0.3, -0.25) is 9.69 Å². The molecular formula is C19H25F3N2O3. The molecule has 0 spiro atoms. The number of hydrogen-bond donors (Lipinski definition) is 1. The molecule has 2 heterocycles. The van der Waals surface area contributed by atoms with E-state index in [0.29, 0.717) is 24.3 Å². The van der Waals surface area contributed by atoms with Crippen LogP contribution in [0, 0.1) is 5.82 Å². The van der Waals surface area contributed by atoms with Crippen molar-refractivity contribution in [2.45, 2.75) is 43.8 Å². The number of benzene rings is 1. The minimum Gasteiger partial charge on any atom is -0.497 e. The van der Waals surface area contributed by atoms with Crippen LogP contribution in [0.3, 0.4) is 0 Å². The maximum absolute atomic E-state index is 14.1. The van der Waals surface area contributed by atoms with Gasteiger partial charge in [0.05, 0.1) is 7.11 Å². The van der Waals surface area contributed by atoms with E-state index in [1.807, 2.05) is 0 Å². The summed E-state index contributed by atoms with van der Waals surface area (Å²) in [5, 5.41) is 10.9. The van der Waals surface area contributed by atoms with Gasteiger partial charge < -0.3 is 14.7 Å². The average Bonchev–Trinajstić information content (AvgIpc) is 2.63. The zero-order valence-electron chi connectivity index (χ0n) is 15.4. The Morgan fingerprint density at radius 1 is 1.19 bits per heavy atom. The van der Waals surface area contributed by atoms with Crippen LogP contribution >= 0.6 is 0 Å². The van der Waals surface area contributed by atoms with Crippen LogP contribution in [0.5, 0.6) is 5.75 Å². The number of β-amino-alcohol motifs (C(OH)–C–C–N with tert-alkyl or cyclic N) is 1. The van der Waals surface area contributed by atoms with Crippen LogP contribution in [0.4, 0.5) is 13.2 Å². The zero-order valence-corrected chi connectivity index (χ0v) is 15.4. The van der Waals surface area contributed by atoms with E-state index in [0.717, 1.165) is 0 Å². The molecule has 5 nitrogen and oxygen atoms in total. The molecule has 8 heteroatoms. The van der Waals surface area contributed by atoms with Crippen LogP contribution in [0.25, 0.3) is 0 Å². The Balaban J connectivity index is 1.68. The number of carbonyl (C=O) groups excluding carboxylic acids is 1. The van der Waals surface area contributed by atoms with Crippen molar-refractivity contribution < 1.29 is 27.8 Å². The van der Waals surface area contributed by atoms with Gasteiger partial charge in [0.25, 0.3) is 11.8 Å². The molecule has 0 saturated carbocycles. The summed E-state index contributed by atoms with van der Waals surface area (Å²) in [6.45, 7) is 0.761. The number of hydrogen-bond acceptors (Lipinski definition) is 4. The third-order valence-electron chi connectivity index (χ3n) is 5.39. The summed E-state index contributed by atoms with van der Waals surface area (Å²) in [4.78, 5) is 16.0. The second kappa shape index (κ2) is 7.67. The SMILES string of the molecule is COc1ccc(F)c(CN2CCC[C@](O)(CN3CCC(F)(F)CC3)C2=O)c1. The topological polar surface area (TPSA) is 53.0 Å². The fourth-order valence-corrected chi connectivity index (χ4v) is 3.78. The molecule has 2 aliphatic heterocycles. The first-order chi connectivity index (χ1) is 12.7. The first-order valence-electron chi connectivity index (χ1n) is 9.17. The Morgan fingerprint density at radius 3 is 2.56 bits per heavy atom. The second-order valence-electron chi connectivity index (χ2n) is 7.45. The van der Waals surface area contributed by atoms with Crippen molar-refractivity contribution in [3.8, 4) is 5.75 Å². The minimum atomic E-state index is -2.67. The molecule has 1 atom stereocenters. The van der Waals surface area contributed by atoms with E-state index in [1.54, 1.807) is 4.90 Å². The van der Waals surface area contributed by atoms with Crippen LogP contribution in [0.15, 0.2) is 18.2 Å². The van der Waals surface area contributed by atoms with Crippen molar-refractivity contribution in [1.82, 2.24) is 9.80 Å². The molecule has 2 fully saturated rings. The lowest BCUT2D eigenvalue weighted by molar-refractivity contribution is -0.162. The normalized spacial score (nSPS) is 26.3. The van der Waals surface area contributed by atoms with Gasteiger partial charge in [-0.25, -0.2) is 13.2 Å². The van der Waals surface area contributed by atoms with E-state index < -0.39 is 23.2 Å². The van der Waals surface area contributed by atoms with Gasteiger partial charge in [-0.15, -0.1) is 0 Å². The van der Waals surface area contributed by atoms with Gasteiger partial charge in [-0.2, -0.15) is 0 Å². The van der Waals surface area contributed by atoms with Gasteiger partial charge in [0.15, 0.2) is 5.60 Å². The molecule has 1 aromatic carbocycles. The maximum Gasteiger partial charge on any atom is 0.256 e. The summed E-state index contributed by atoms with van der Waals surface area (Å²) < 4.78 is 45.8. The predicted octanol–water partition coefficient (Wildman–Crippen LogP) is 2.42. The summed E-state index contributed by atoms with van der Waals surface area (Å²) >= 11 is 0. The Hall–Kier alpha value is -1.80. The smallest absolute Gasteiger partial charge is 0.256 e. The van der Waals surface area contributed by atoms with Crippen LogP contribution in [0.2, 0.25) is 0 Å². The molecule has 0 aliphatic carbocycles. The summed E-state index contributed by atoms with van der Waals surface area (Å²) in [6, 6.07) is 4.31. The van der Waals surface area contributed by atoms with Crippen molar-refractivity contribution >= 4 is 5.91 Å². The standard InChI is InChI=1S/C19H25F3N2O3/c1-27-15-3-4-16(20)14(11-15)12-24-8-2-5-18(26,17(24)25)13-23-9-6-19(21,22)7-10-23/h3-4,11,26H,2,5-10,12-13H2,1H3/t18-/m0/s1. The van der Waals surface area contributed by atoms with Crippen molar-refractivity contribution in [3.63, 3.8) is 0 Å². The van der Waals surface area contributed by atoms with Gasteiger partial charge in [-0.1, -0.05) is 0 Å². The van der Waals surface area contributed by atoms with E-state index in [4.69, 9.17) is 4.74 Å². The van der Waals surface area contributed by atoms with Crippen LogP contribution in [-0.4, -0.2) is 65.6 Å². The molecule has 0 radical (unpaired) electrons. The largest absolute Gasteiger partial charge is 0.497 e. The number of aliphatic hydroxyl groups is 1. The Kier molecular flexibility index (Phi) is 5.67. The molecular weight excluding hydrogens is 361 g/mol. The molecule has 3 rings (SSSR count). The molecule has 2 aliphatic rings. The van der Waals surface area contributed by atoms with Gasteiger partial charge in [-0.05, 0) is 31.0 Å². The van der Waals surface area contributed by atoms with E-state index in [1.165, 1.54) is 30.2 Å². The van der Waals surface area contributed by atoms with E-state index in [-0.39, 0.29) is 45.4 Å². The summed E-state index contributed by atoms with van der Waals surface area (Å²) in [7, 11) is 1.48. The maximum atomic E-state index is 14.1. The summed E-state index contributed by atoms with van der Waals surface area (Å²) in [5.74, 6) is -3.12.